The second-order valence-electron chi connectivity index (χ2n) is 4.52. The molecule has 0 fully saturated rings. The molecule has 2 aromatic rings. The first-order chi connectivity index (χ1) is 11.0. The third-order valence-electron chi connectivity index (χ3n) is 2.97. The van der Waals surface area contributed by atoms with Gasteiger partial charge < -0.3 is 19.7 Å². The second-order valence-corrected chi connectivity index (χ2v) is 4.52. The first kappa shape index (κ1) is 16.2. The van der Waals surface area contributed by atoms with E-state index in [1.807, 2.05) is 0 Å². The lowest BCUT2D eigenvalue weighted by Crippen LogP contribution is -2.17. The van der Waals surface area contributed by atoms with Crippen LogP contribution in [0.5, 0.6) is 23.0 Å². The van der Waals surface area contributed by atoms with Crippen LogP contribution in [0.1, 0.15) is 15.9 Å². The molecule has 7 heteroatoms. The molecule has 1 amide bonds. The van der Waals surface area contributed by atoms with Crippen molar-refractivity contribution in [2.45, 2.75) is 0 Å². The molecule has 0 spiro atoms. The average molecular weight is 316 g/mol. The number of phenols is 2. The third-order valence-corrected chi connectivity index (χ3v) is 2.97. The van der Waals surface area contributed by atoms with Crippen molar-refractivity contribution in [3.05, 3.63) is 47.5 Å². The van der Waals surface area contributed by atoms with Crippen LogP contribution in [0.25, 0.3) is 0 Å². The first-order valence-electron chi connectivity index (χ1n) is 6.62. The van der Waals surface area contributed by atoms with Gasteiger partial charge in [0.1, 0.15) is 11.5 Å². The van der Waals surface area contributed by atoms with E-state index in [0.717, 1.165) is 6.07 Å². The minimum Gasteiger partial charge on any atom is -0.508 e. The van der Waals surface area contributed by atoms with Gasteiger partial charge in [-0.3, -0.25) is 4.79 Å². The zero-order valence-corrected chi connectivity index (χ0v) is 12.6. The standard InChI is InChI=1S/C16H16N2O5/c1-22-14-5-3-4-10(15(14)23-2)9-17-18-16(21)11-6-12(19)8-13(20)7-11/h3-9,19-20H,1-2H3,(H,18,21)/b17-9+. The van der Waals surface area contributed by atoms with Crippen LogP contribution >= 0.6 is 0 Å². The maximum absolute atomic E-state index is 11.9. The van der Waals surface area contributed by atoms with Gasteiger partial charge in [-0.25, -0.2) is 5.43 Å². The van der Waals surface area contributed by atoms with E-state index in [0.29, 0.717) is 17.1 Å². The predicted molar refractivity (Wildman–Crippen MR) is 84.4 cm³/mol. The van der Waals surface area contributed by atoms with Crippen molar-refractivity contribution in [1.29, 1.82) is 0 Å². The lowest BCUT2D eigenvalue weighted by atomic mass is 10.2. The molecule has 0 aromatic heterocycles. The van der Waals surface area contributed by atoms with Crippen LogP contribution in [-0.4, -0.2) is 36.6 Å². The summed E-state index contributed by atoms with van der Waals surface area (Å²) in [6, 6.07) is 8.81. The molecule has 0 aliphatic carbocycles. The largest absolute Gasteiger partial charge is 0.508 e. The van der Waals surface area contributed by atoms with Crippen LogP contribution in [0, 0.1) is 0 Å². The van der Waals surface area contributed by atoms with Crippen LogP contribution in [-0.2, 0) is 0 Å². The summed E-state index contributed by atoms with van der Waals surface area (Å²) in [6.07, 6.45) is 1.40. The highest BCUT2D eigenvalue weighted by atomic mass is 16.5. The van der Waals surface area contributed by atoms with Gasteiger partial charge in [0, 0.05) is 17.2 Å². The average Bonchev–Trinajstić information content (AvgIpc) is 2.53. The molecule has 0 unspecified atom stereocenters. The number of nitrogens with zero attached hydrogens (tertiary/aromatic N) is 1. The van der Waals surface area contributed by atoms with Gasteiger partial charge in [-0.15, -0.1) is 0 Å². The molecule has 2 rings (SSSR count). The van der Waals surface area contributed by atoms with Crippen molar-refractivity contribution in [3.8, 4) is 23.0 Å². The van der Waals surface area contributed by atoms with Crippen LogP contribution in [0.4, 0.5) is 0 Å². The van der Waals surface area contributed by atoms with Gasteiger partial charge in [-0.05, 0) is 24.3 Å². The Morgan fingerprint density at radius 3 is 2.43 bits per heavy atom. The van der Waals surface area contributed by atoms with Gasteiger partial charge in [0.2, 0.25) is 0 Å². The summed E-state index contributed by atoms with van der Waals surface area (Å²) < 4.78 is 10.4. The molecule has 7 nitrogen and oxygen atoms in total. The number of hydrogen-bond acceptors (Lipinski definition) is 6. The fraction of sp³-hybridized carbons (Fsp3) is 0.125. The minimum atomic E-state index is -0.575. The number of carbonyl (C=O) groups is 1. The number of carbonyl (C=O) groups excluding carboxylic acids is 1. The number of aromatic hydroxyl groups is 2. The van der Waals surface area contributed by atoms with Crippen molar-refractivity contribution in [2.24, 2.45) is 5.10 Å². The number of ether oxygens (including phenoxy) is 2. The van der Waals surface area contributed by atoms with Crippen molar-refractivity contribution < 1.29 is 24.5 Å². The summed E-state index contributed by atoms with van der Waals surface area (Å²) in [6.45, 7) is 0. The van der Waals surface area contributed by atoms with Gasteiger partial charge in [0.25, 0.3) is 5.91 Å². The predicted octanol–water partition coefficient (Wildman–Crippen LogP) is 1.88. The quantitative estimate of drug-likeness (QED) is 0.577. The Balaban J connectivity index is 2.14. The molecular weight excluding hydrogens is 300 g/mol. The van der Waals surface area contributed by atoms with Crippen molar-refractivity contribution in [2.75, 3.05) is 14.2 Å². The van der Waals surface area contributed by atoms with Crippen molar-refractivity contribution >= 4 is 12.1 Å². The van der Waals surface area contributed by atoms with E-state index in [1.54, 1.807) is 18.2 Å². The smallest absolute Gasteiger partial charge is 0.271 e. The second kappa shape index (κ2) is 7.17. The molecule has 23 heavy (non-hydrogen) atoms. The summed E-state index contributed by atoms with van der Waals surface area (Å²) in [5.74, 6) is 0.0279. The molecule has 120 valence electrons. The normalized spacial score (nSPS) is 10.5. The maximum atomic E-state index is 11.9. The van der Waals surface area contributed by atoms with E-state index in [2.05, 4.69) is 10.5 Å². The zero-order chi connectivity index (χ0) is 16.8. The van der Waals surface area contributed by atoms with Gasteiger partial charge in [0.05, 0.1) is 20.4 Å². The van der Waals surface area contributed by atoms with Gasteiger partial charge in [-0.2, -0.15) is 5.10 Å². The Bertz CT molecular complexity index is 723. The summed E-state index contributed by atoms with van der Waals surface area (Å²) in [7, 11) is 3.03. The number of amides is 1. The molecule has 0 saturated heterocycles. The number of phenolic OH excluding ortho intramolecular Hbond substituents is 2. The van der Waals surface area contributed by atoms with Gasteiger partial charge in [-0.1, -0.05) is 6.07 Å². The minimum absolute atomic E-state index is 0.0808. The topological polar surface area (TPSA) is 100 Å². The highest BCUT2D eigenvalue weighted by molar-refractivity contribution is 5.96. The van der Waals surface area contributed by atoms with E-state index in [1.165, 1.54) is 32.6 Å². The Kier molecular flexibility index (Phi) is 5.03. The van der Waals surface area contributed by atoms with Crippen LogP contribution in [0.3, 0.4) is 0 Å². The van der Waals surface area contributed by atoms with E-state index >= 15 is 0 Å². The Morgan fingerprint density at radius 1 is 1.13 bits per heavy atom. The van der Waals surface area contributed by atoms with Crippen LogP contribution < -0.4 is 14.9 Å². The number of para-hydroxylation sites is 1. The van der Waals surface area contributed by atoms with E-state index in [-0.39, 0.29) is 17.1 Å². The van der Waals surface area contributed by atoms with Crippen LogP contribution in [0.15, 0.2) is 41.5 Å². The monoisotopic (exact) mass is 316 g/mol. The number of methoxy groups -OCH3 is 2. The molecule has 0 atom stereocenters. The molecule has 0 aliphatic heterocycles. The molecule has 0 saturated carbocycles. The molecular formula is C16H16N2O5. The van der Waals surface area contributed by atoms with Crippen molar-refractivity contribution in [1.82, 2.24) is 5.43 Å². The fourth-order valence-electron chi connectivity index (χ4n) is 1.96. The first-order valence-corrected chi connectivity index (χ1v) is 6.62. The molecule has 0 bridgehead atoms. The summed E-state index contributed by atoms with van der Waals surface area (Å²) in [5.41, 5.74) is 3.00. The summed E-state index contributed by atoms with van der Waals surface area (Å²) >= 11 is 0. The highest BCUT2D eigenvalue weighted by Crippen LogP contribution is 2.29. The number of hydrogen-bond donors (Lipinski definition) is 3. The molecule has 0 radical (unpaired) electrons. The van der Waals surface area contributed by atoms with E-state index in [4.69, 9.17) is 9.47 Å². The lowest BCUT2D eigenvalue weighted by molar-refractivity contribution is 0.0954. The number of nitrogens with one attached hydrogen (secondary N) is 1. The number of benzene rings is 2. The summed E-state index contributed by atoms with van der Waals surface area (Å²) in [4.78, 5) is 11.9. The fourth-order valence-corrected chi connectivity index (χ4v) is 1.96. The van der Waals surface area contributed by atoms with Gasteiger partial charge >= 0.3 is 0 Å². The maximum Gasteiger partial charge on any atom is 0.271 e. The van der Waals surface area contributed by atoms with E-state index in [9.17, 15) is 15.0 Å². The van der Waals surface area contributed by atoms with Crippen LogP contribution in [0.2, 0.25) is 0 Å². The molecule has 0 aliphatic rings. The lowest BCUT2D eigenvalue weighted by Gasteiger charge is -2.09. The number of hydrazone groups is 1. The van der Waals surface area contributed by atoms with E-state index < -0.39 is 5.91 Å². The van der Waals surface area contributed by atoms with Gasteiger partial charge in [0.15, 0.2) is 11.5 Å². The zero-order valence-electron chi connectivity index (χ0n) is 12.6. The summed E-state index contributed by atoms with van der Waals surface area (Å²) in [5, 5.41) is 22.6. The third kappa shape index (κ3) is 3.91. The highest BCUT2D eigenvalue weighted by Gasteiger charge is 2.09. The molecule has 2 aromatic carbocycles. The molecule has 3 N–H and O–H groups in total. The number of rotatable bonds is 5. The molecule has 0 heterocycles. The Labute approximate surface area is 132 Å². The Morgan fingerprint density at radius 2 is 1.83 bits per heavy atom. The Hall–Kier alpha value is -3.22. The van der Waals surface area contributed by atoms with Crippen molar-refractivity contribution in [3.63, 3.8) is 0 Å². The SMILES string of the molecule is COc1cccc(/C=N/NC(=O)c2cc(O)cc(O)c2)c1OC.